The summed E-state index contributed by atoms with van der Waals surface area (Å²) in [5.74, 6) is -1.98. The molecule has 1 aliphatic rings. The number of carbonyl (C=O) groups is 1. The zero-order chi connectivity index (χ0) is 17.9. The molecule has 0 saturated heterocycles. The summed E-state index contributed by atoms with van der Waals surface area (Å²) in [6.45, 7) is 3.10. The SMILES string of the molecule is C=CC(=O)OCC1CCCC(CC(O)(C(F)(F)F)C(F)(F)F)C1. The molecule has 3 nitrogen and oxygen atoms in total. The van der Waals surface area contributed by atoms with Gasteiger partial charge in [0.15, 0.2) is 0 Å². The molecule has 0 radical (unpaired) electrons. The number of halogens is 6. The van der Waals surface area contributed by atoms with E-state index in [-0.39, 0.29) is 25.4 Å². The first kappa shape index (κ1) is 19.8. The minimum absolute atomic E-state index is 0.0267. The average molecular weight is 348 g/mol. The number of rotatable bonds is 5. The summed E-state index contributed by atoms with van der Waals surface area (Å²) in [7, 11) is 0. The topological polar surface area (TPSA) is 46.5 Å². The second kappa shape index (κ2) is 7.11. The Bertz CT molecular complexity index is 415. The van der Waals surface area contributed by atoms with Crippen LogP contribution < -0.4 is 0 Å². The minimum atomic E-state index is -5.80. The van der Waals surface area contributed by atoms with Crippen LogP contribution in [-0.4, -0.2) is 35.6 Å². The number of alkyl halides is 6. The number of hydrogen-bond acceptors (Lipinski definition) is 3. The predicted molar refractivity (Wildman–Crippen MR) is 68.3 cm³/mol. The highest BCUT2D eigenvalue weighted by atomic mass is 19.4. The lowest BCUT2D eigenvalue weighted by molar-refractivity contribution is -0.373. The largest absolute Gasteiger partial charge is 0.462 e. The third-order valence-electron chi connectivity index (χ3n) is 4.04. The standard InChI is InChI=1S/C14H18F6O3/c1-2-11(21)23-8-10-5-3-4-9(6-10)7-12(22,13(15,16)17)14(18,19)20/h2,9-10,22H,1,3-8H2. The summed E-state index contributed by atoms with van der Waals surface area (Å²) < 4.78 is 81.0. The maximum Gasteiger partial charge on any atom is 0.426 e. The highest BCUT2D eigenvalue weighted by Crippen LogP contribution is 2.48. The Morgan fingerprint density at radius 3 is 2.13 bits per heavy atom. The zero-order valence-corrected chi connectivity index (χ0v) is 12.2. The zero-order valence-electron chi connectivity index (χ0n) is 12.2. The summed E-state index contributed by atoms with van der Waals surface area (Å²) in [4.78, 5) is 10.9. The van der Waals surface area contributed by atoms with Gasteiger partial charge >= 0.3 is 18.3 Å². The molecule has 0 aromatic heterocycles. The van der Waals surface area contributed by atoms with E-state index in [1.807, 2.05) is 0 Å². The van der Waals surface area contributed by atoms with Crippen molar-refractivity contribution in [2.24, 2.45) is 11.8 Å². The molecule has 0 aliphatic heterocycles. The van der Waals surface area contributed by atoms with E-state index in [1.165, 1.54) is 0 Å². The molecular weight excluding hydrogens is 330 g/mol. The van der Waals surface area contributed by atoms with Gasteiger partial charge in [0.2, 0.25) is 0 Å². The molecule has 9 heteroatoms. The molecule has 0 amide bonds. The fourth-order valence-corrected chi connectivity index (χ4v) is 2.81. The molecule has 0 bridgehead atoms. The average Bonchev–Trinajstić information content (AvgIpc) is 2.42. The molecule has 2 atom stereocenters. The minimum Gasteiger partial charge on any atom is -0.462 e. The Morgan fingerprint density at radius 2 is 1.65 bits per heavy atom. The fourth-order valence-electron chi connectivity index (χ4n) is 2.81. The summed E-state index contributed by atoms with van der Waals surface area (Å²) in [6, 6.07) is 0. The van der Waals surface area contributed by atoms with Gasteiger partial charge in [-0.05, 0) is 31.1 Å². The Labute approximate surface area is 129 Å². The van der Waals surface area contributed by atoms with Gasteiger partial charge < -0.3 is 9.84 Å². The third-order valence-corrected chi connectivity index (χ3v) is 4.04. The highest BCUT2D eigenvalue weighted by molar-refractivity contribution is 5.81. The molecule has 1 rings (SSSR count). The van der Waals surface area contributed by atoms with E-state index < -0.39 is 36.3 Å². The van der Waals surface area contributed by atoms with Gasteiger partial charge in [-0.25, -0.2) is 4.79 Å². The van der Waals surface area contributed by atoms with E-state index in [0.717, 1.165) is 6.08 Å². The summed E-state index contributed by atoms with van der Waals surface area (Å²) in [5.41, 5.74) is -4.72. The molecule has 134 valence electrons. The molecule has 1 aliphatic carbocycles. The van der Waals surface area contributed by atoms with E-state index in [9.17, 15) is 36.2 Å². The second-order valence-electron chi connectivity index (χ2n) is 5.79. The first-order valence-electron chi connectivity index (χ1n) is 7.05. The third kappa shape index (κ3) is 4.86. The summed E-state index contributed by atoms with van der Waals surface area (Å²) in [6.07, 6.45) is -11.0. The molecule has 1 saturated carbocycles. The number of hydrogen-bond donors (Lipinski definition) is 1. The molecule has 1 N–H and O–H groups in total. The van der Waals surface area contributed by atoms with Crippen molar-refractivity contribution in [3.8, 4) is 0 Å². The quantitative estimate of drug-likeness (QED) is 0.467. The van der Waals surface area contributed by atoms with Gasteiger partial charge in [0, 0.05) is 6.08 Å². The molecular formula is C14H18F6O3. The van der Waals surface area contributed by atoms with Gasteiger partial charge in [0.05, 0.1) is 6.61 Å². The van der Waals surface area contributed by atoms with Crippen LogP contribution in [0.3, 0.4) is 0 Å². The van der Waals surface area contributed by atoms with E-state index in [4.69, 9.17) is 4.74 Å². The summed E-state index contributed by atoms with van der Waals surface area (Å²) >= 11 is 0. The molecule has 0 aromatic carbocycles. The van der Waals surface area contributed by atoms with Crippen LogP contribution in [0.1, 0.15) is 32.1 Å². The second-order valence-corrected chi connectivity index (χ2v) is 5.79. The first-order valence-corrected chi connectivity index (χ1v) is 7.05. The van der Waals surface area contributed by atoms with Crippen molar-refractivity contribution in [1.82, 2.24) is 0 Å². The van der Waals surface area contributed by atoms with Crippen molar-refractivity contribution in [3.05, 3.63) is 12.7 Å². The Hall–Kier alpha value is -1.25. The van der Waals surface area contributed by atoms with Crippen LogP contribution in [0.4, 0.5) is 26.3 Å². The molecule has 23 heavy (non-hydrogen) atoms. The van der Waals surface area contributed by atoms with E-state index in [2.05, 4.69) is 6.58 Å². The van der Waals surface area contributed by atoms with Gasteiger partial charge in [-0.2, -0.15) is 26.3 Å². The van der Waals surface area contributed by atoms with Crippen LogP contribution in [0.25, 0.3) is 0 Å². The van der Waals surface area contributed by atoms with Crippen molar-refractivity contribution in [2.45, 2.75) is 50.1 Å². The van der Waals surface area contributed by atoms with E-state index in [0.29, 0.717) is 12.8 Å². The smallest absolute Gasteiger partial charge is 0.426 e. The van der Waals surface area contributed by atoms with Gasteiger partial charge in [0.25, 0.3) is 5.60 Å². The van der Waals surface area contributed by atoms with Gasteiger partial charge in [-0.3, -0.25) is 0 Å². The molecule has 0 heterocycles. The van der Waals surface area contributed by atoms with Crippen LogP contribution in [0.2, 0.25) is 0 Å². The summed E-state index contributed by atoms with van der Waals surface area (Å²) in [5, 5.41) is 9.23. The van der Waals surface area contributed by atoms with Crippen LogP contribution >= 0.6 is 0 Å². The number of esters is 1. The normalized spacial score (nSPS) is 23.4. The maximum atomic E-state index is 12.7. The molecule has 2 unspecified atom stereocenters. The van der Waals surface area contributed by atoms with Crippen LogP contribution in [0.5, 0.6) is 0 Å². The number of ether oxygens (including phenoxy) is 1. The molecule has 0 spiro atoms. The number of carbonyl (C=O) groups excluding carboxylic acids is 1. The van der Waals surface area contributed by atoms with Crippen LogP contribution in [0, 0.1) is 11.8 Å². The van der Waals surface area contributed by atoms with E-state index in [1.54, 1.807) is 0 Å². The number of aliphatic hydroxyl groups is 1. The Morgan fingerprint density at radius 1 is 1.13 bits per heavy atom. The van der Waals surface area contributed by atoms with Crippen LogP contribution in [0.15, 0.2) is 12.7 Å². The van der Waals surface area contributed by atoms with E-state index >= 15 is 0 Å². The van der Waals surface area contributed by atoms with Crippen molar-refractivity contribution in [1.29, 1.82) is 0 Å². The monoisotopic (exact) mass is 348 g/mol. The lowest BCUT2D eigenvalue weighted by Gasteiger charge is -2.37. The van der Waals surface area contributed by atoms with Crippen molar-refractivity contribution >= 4 is 5.97 Å². The van der Waals surface area contributed by atoms with Crippen molar-refractivity contribution in [2.75, 3.05) is 6.61 Å². The lowest BCUT2D eigenvalue weighted by Crippen LogP contribution is -2.58. The van der Waals surface area contributed by atoms with Crippen LogP contribution in [-0.2, 0) is 9.53 Å². The lowest BCUT2D eigenvalue weighted by atomic mass is 9.76. The van der Waals surface area contributed by atoms with Gasteiger partial charge in [0.1, 0.15) is 0 Å². The van der Waals surface area contributed by atoms with Gasteiger partial charge in [-0.15, -0.1) is 0 Å². The predicted octanol–water partition coefficient (Wildman–Crippen LogP) is 3.77. The highest BCUT2D eigenvalue weighted by Gasteiger charge is 2.70. The maximum absolute atomic E-state index is 12.7. The van der Waals surface area contributed by atoms with Gasteiger partial charge in [-0.1, -0.05) is 19.4 Å². The molecule has 1 fully saturated rings. The fraction of sp³-hybridized carbons (Fsp3) is 0.786. The molecule has 0 aromatic rings. The Balaban J connectivity index is 2.74. The first-order chi connectivity index (χ1) is 10.4. The Kier molecular flexibility index (Phi) is 6.12. The van der Waals surface area contributed by atoms with Crippen molar-refractivity contribution in [3.63, 3.8) is 0 Å². The van der Waals surface area contributed by atoms with Crippen molar-refractivity contribution < 1.29 is 41.0 Å².